The van der Waals surface area contributed by atoms with Crippen LogP contribution in [0.3, 0.4) is 0 Å². The van der Waals surface area contributed by atoms with E-state index in [1.54, 1.807) is 20.8 Å². The Balaban J connectivity index is 2.95. The van der Waals surface area contributed by atoms with E-state index in [0.29, 0.717) is 0 Å². The van der Waals surface area contributed by atoms with E-state index in [-0.39, 0.29) is 10.3 Å². The monoisotopic (exact) mass is 220 g/mol. The second-order valence-electron chi connectivity index (χ2n) is 2.97. The number of aryl methyl sites for hydroxylation is 1. The first-order valence-corrected chi connectivity index (χ1v) is 6.16. The van der Waals surface area contributed by atoms with Gasteiger partial charge in [0.15, 0.2) is 4.21 Å². The zero-order valence-electron chi connectivity index (χ0n) is 7.73. The van der Waals surface area contributed by atoms with Crippen LogP contribution in [0.1, 0.15) is 18.9 Å². The van der Waals surface area contributed by atoms with Gasteiger partial charge in [0.25, 0.3) is 10.0 Å². The Bertz CT molecular complexity index is 381. The predicted molar refractivity (Wildman–Crippen MR) is 52.3 cm³/mol. The second-order valence-corrected chi connectivity index (χ2v) is 6.15. The van der Waals surface area contributed by atoms with Crippen molar-refractivity contribution in [1.82, 2.24) is 9.71 Å². The summed E-state index contributed by atoms with van der Waals surface area (Å²) in [5.74, 6) is 0. The lowest BCUT2D eigenvalue weighted by molar-refractivity contribution is 0.572. The summed E-state index contributed by atoms with van der Waals surface area (Å²) < 4.78 is 25.8. The Morgan fingerprint density at radius 3 is 2.54 bits per heavy atom. The van der Waals surface area contributed by atoms with Crippen LogP contribution in [0.15, 0.2) is 10.4 Å². The Hall–Kier alpha value is -0.460. The molecule has 0 fully saturated rings. The van der Waals surface area contributed by atoms with Crippen molar-refractivity contribution in [2.75, 3.05) is 0 Å². The molecule has 1 aromatic heterocycles. The van der Waals surface area contributed by atoms with Crippen molar-refractivity contribution < 1.29 is 8.42 Å². The van der Waals surface area contributed by atoms with Gasteiger partial charge in [-0.3, -0.25) is 0 Å². The molecule has 0 saturated carbocycles. The smallest absolute Gasteiger partial charge is 0.249 e. The van der Waals surface area contributed by atoms with E-state index < -0.39 is 10.0 Å². The van der Waals surface area contributed by atoms with Crippen LogP contribution in [0.5, 0.6) is 0 Å². The number of sulfonamides is 1. The zero-order chi connectivity index (χ0) is 10.1. The highest BCUT2D eigenvalue weighted by molar-refractivity contribution is 7.91. The molecule has 0 aromatic carbocycles. The SMILES string of the molecule is Cc1ncc(S(=O)(=O)NC(C)C)s1. The lowest BCUT2D eigenvalue weighted by atomic mass is 10.4. The van der Waals surface area contributed by atoms with Crippen molar-refractivity contribution in [2.45, 2.75) is 31.0 Å². The zero-order valence-corrected chi connectivity index (χ0v) is 9.37. The molecule has 13 heavy (non-hydrogen) atoms. The third-order valence-electron chi connectivity index (χ3n) is 1.26. The molecule has 0 atom stereocenters. The summed E-state index contributed by atoms with van der Waals surface area (Å²) in [7, 11) is -3.33. The maximum atomic E-state index is 11.5. The molecule has 1 N–H and O–H groups in total. The third kappa shape index (κ3) is 2.75. The van der Waals surface area contributed by atoms with E-state index in [2.05, 4.69) is 9.71 Å². The van der Waals surface area contributed by atoms with Crippen molar-refractivity contribution in [2.24, 2.45) is 0 Å². The summed E-state index contributed by atoms with van der Waals surface area (Å²) in [5, 5.41) is 0.754. The average Bonchev–Trinajstić information content (AvgIpc) is 2.32. The number of aromatic nitrogens is 1. The number of hydrogen-bond donors (Lipinski definition) is 1. The van der Waals surface area contributed by atoms with Crippen LogP contribution in [0, 0.1) is 6.92 Å². The highest BCUT2D eigenvalue weighted by atomic mass is 32.2. The molecule has 0 aliphatic rings. The van der Waals surface area contributed by atoms with Gasteiger partial charge < -0.3 is 0 Å². The fourth-order valence-electron chi connectivity index (χ4n) is 0.835. The van der Waals surface area contributed by atoms with Crippen molar-refractivity contribution in [3.05, 3.63) is 11.2 Å². The lowest BCUT2D eigenvalue weighted by Crippen LogP contribution is -2.29. The molecule has 1 aromatic rings. The normalized spacial score (nSPS) is 12.3. The largest absolute Gasteiger partial charge is 0.251 e. The van der Waals surface area contributed by atoms with Crippen LogP contribution in [0.4, 0.5) is 0 Å². The maximum absolute atomic E-state index is 11.5. The van der Waals surface area contributed by atoms with E-state index in [1.807, 2.05) is 0 Å². The van der Waals surface area contributed by atoms with E-state index in [0.717, 1.165) is 5.01 Å². The third-order valence-corrected chi connectivity index (χ3v) is 4.29. The minimum Gasteiger partial charge on any atom is -0.249 e. The highest BCUT2D eigenvalue weighted by Crippen LogP contribution is 2.17. The van der Waals surface area contributed by atoms with Crippen LogP contribution in [-0.2, 0) is 10.0 Å². The van der Waals surface area contributed by atoms with E-state index in [1.165, 1.54) is 17.5 Å². The maximum Gasteiger partial charge on any atom is 0.251 e. The van der Waals surface area contributed by atoms with Crippen LogP contribution in [0.25, 0.3) is 0 Å². The van der Waals surface area contributed by atoms with Crippen molar-refractivity contribution in [1.29, 1.82) is 0 Å². The molecule has 1 rings (SSSR count). The molecule has 0 spiro atoms. The molecule has 4 nitrogen and oxygen atoms in total. The molecular formula is C7H12N2O2S2. The molecule has 74 valence electrons. The topological polar surface area (TPSA) is 59.1 Å². The Morgan fingerprint density at radius 1 is 1.54 bits per heavy atom. The minimum atomic E-state index is -3.33. The van der Waals surface area contributed by atoms with Crippen LogP contribution in [-0.4, -0.2) is 19.4 Å². The average molecular weight is 220 g/mol. The Labute approximate surface area is 82.1 Å². The van der Waals surface area contributed by atoms with Crippen molar-refractivity contribution in [3.8, 4) is 0 Å². The molecule has 0 bridgehead atoms. The van der Waals surface area contributed by atoms with Crippen molar-refractivity contribution >= 4 is 21.4 Å². The minimum absolute atomic E-state index is 0.0904. The summed E-state index contributed by atoms with van der Waals surface area (Å²) in [6, 6.07) is -0.0904. The predicted octanol–water partition coefficient (Wildman–Crippen LogP) is 1.14. The molecule has 1 heterocycles. The van der Waals surface area contributed by atoms with Crippen LogP contribution >= 0.6 is 11.3 Å². The first-order valence-electron chi connectivity index (χ1n) is 3.86. The van der Waals surface area contributed by atoms with E-state index in [4.69, 9.17) is 0 Å². The van der Waals surface area contributed by atoms with Gasteiger partial charge in [-0.1, -0.05) is 0 Å². The van der Waals surface area contributed by atoms with Crippen molar-refractivity contribution in [3.63, 3.8) is 0 Å². The summed E-state index contributed by atoms with van der Waals surface area (Å²) in [4.78, 5) is 3.89. The van der Waals surface area contributed by atoms with Crippen LogP contribution < -0.4 is 4.72 Å². The van der Waals surface area contributed by atoms with E-state index >= 15 is 0 Å². The number of thiazole rings is 1. The molecule has 6 heteroatoms. The summed E-state index contributed by atoms with van der Waals surface area (Å²) in [6.07, 6.45) is 1.38. The second kappa shape index (κ2) is 3.73. The fraction of sp³-hybridized carbons (Fsp3) is 0.571. The van der Waals surface area contributed by atoms with Gasteiger partial charge in [-0.25, -0.2) is 18.1 Å². The molecular weight excluding hydrogens is 208 g/mol. The molecule has 0 saturated heterocycles. The number of nitrogens with zero attached hydrogens (tertiary/aromatic N) is 1. The van der Waals surface area contributed by atoms with Gasteiger partial charge in [-0.2, -0.15) is 0 Å². The summed E-state index contributed by atoms with van der Waals surface area (Å²) in [5.41, 5.74) is 0. The number of hydrogen-bond acceptors (Lipinski definition) is 4. The van der Waals surface area contributed by atoms with Gasteiger partial charge in [0, 0.05) is 6.04 Å². The molecule has 0 aliphatic carbocycles. The van der Waals surface area contributed by atoms with Crippen LogP contribution in [0.2, 0.25) is 0 Å². The molecule has 0 amide bonds. The summed E-state index contributed by atoms with van der Waals surface area (Å²) >= 11 is 1.18. The Morgan fingerprint density at radius 2 is 2.15 bits per heavy atom. The quantitative estimate of drug-likeness (QED) is 0.831. The molecule has 0 radical (unpaired) electrons. The van der Waals surface area contributed by atoms with Gasteiger partial charge in [-0.05, 0) is 20.8 Å². The first kappa shape index (κ1) is 10.6. The Kier molecular flexibility index (Phi) is 3.05. The fourth-order valence-corrected chi connectivity index (χ4v) is 3.21. The first-order chi connectivity index (χ1) is 5.92. The number of nitrogens with one attached hydrogen (secondary N) is 1. The molecule has 0 unspecified atom stereocenters. The molecule has 0 aliphatic heterocycles. The van der Waals surface area contributed by atoms with Gasteiger partial charge in [0.1, 0.15) is 0 Å². The van der Waals surface area contributed by atoms with Gasteiger partial charge in [0.2, 0.25) is 0 Å². The van der Waals surface area contributed by atoms with E-state index in [9.17, 15) is 8.42 Å². The summed E-state index contributed by atoms with van der Waals surface area (Å²) in [6.45, 7) is 5.34. The van der Waals surface area contributed by atoms with Gasteiger partial charge >= 0.3 is 0 Å². The number of rotatable bonds is 3. The van der Waals surface area contributed by atoms with Gasteiger partial charge in [-0.15, -0.1) is 11.3 Å². The van der Waals surface area contributed by atoms with Gasteiger partial charge in [0.05, 0.1) is 11.2 Å². The standard InChI is InChI=1S/C7H12N2O2S2/c1-5(2)9-13(10,11)7-4-8-6(3)12-7/h4-5,9H,1-3H3. The lowest BCUT2D eigenvalue weighted by Gasteiger charge is -2.06. The highest BCUT2D eigenvalue weighted by Gasteiger charge is 2.17.